The summed E-state index contributed by atoms with van der Waals surface area (Å²) in [5.74, 6) is 0. The van der Waals surface area contributed by atoms with Gasteiger partial charge in [0.15, 0.2) is 0 Å². The SMILES string of the molecule is N=CNCC(N)O. The first kappa shape index (κ1) is 6.39. The molecule has 0 radical (unpaired) electrons. The molecule has 0 bridgehead atoms. The van der Waals surface area contributed by atoms with Gasteiger partial charge in [0.2, 0.25) is 0 Å². The number of hydrogen-bond acceptors (Lipinski definition) is 3. The van der Waals surface area contributed by atoms with Crippen LogP contribution < -0.4 is 11.1 Å². The van der Waals surface area contributed by atoms with Gasteiger partial charge in [-0.1, -0.05) is 0 Å². The fourth-order valence-corrected chi connectivity index (χ4v) is 0.180. The van der Waals surface area contributed by atoms with Gasteiger partial charge in [-0.05, 0) is 0 Å². The van der Waals surface area contributed by atoms with Crippen molar-refractivity contribution in [2.75, 3.05) is 6.54 Å². The van der Waals surface area contributed by atoms with Crippen LogP contribution in [0.15, 0.2) is 0 Å². The molecule has 0 spiro atoms. The topological polar surface area (TPSA) is 82.1 Å². The summed E-state index contributed by atoms with van der Waals surface area (Å²) in [6.07, 6.45) is 0.123. The maximum absolute atomic E-state index is 8.30. The van der Waals surface area contributed by atoms with E-state index >= 15 is 0 Å². The molecule has 4 heteroatoms. The number of aliphatic hydroxyl groups excluding tert-OH is 1. The highest BCUT2D eigenvalue weighted by Gasteiger charge is 1.87. The van der Waals surface area contributed by atoms with Crippen molar-refractivity contribution >= 4 is 6.34 Å². The third kappa shape index (κ3) is 5.39. The molecule has 0 heterocycles. The minimum Gasteiger partial charge on any atom is -0.377 e. The first-order valence-electron chi connectivity index (χ1n) is 1.93. The molecule has 0 amide bonds. The molecule has 0 aliphatic heterocycles. The Morgan fingerprint density at radius 3 is 2.71 bits per heavy atom. The Labute approximate surface area is 41.8 Å². The summed E-state index contributed by atoms with van der Waals surface area (Å²) < 4.78 is 0. The normalized spacial score (nSPS) is 12.9. The van der Waals surface area contributed by atoms with Crippen LogP contribution in [0, 0.1) is 5.41 Å². The molecule has 42 valence electrons. The zero-order valence-corrected chi connectivity index (χ0v) is 3.89. The maximum atomic E-state index is 8.30. The van der Waals surface area contributed by atoms with Crippen LogP contribution in [-0.4, -0.2) is 24.2 Å². The lowest BCUT2D eigenvalue weighted by Gasteiger charge is -1.99. The molecule has 1 atom stereocenters. The Morgan fingerprint density at radius 2 is 2.57 bits per heavy atom. The lowest BCUT2D eigenvalue weighted by atomic mass is 10.6. The molecule has 5 N–H and O–H groups in total. The predicted octanol–water partition coefficient (Wildman–Crippen LogP) is -1.54. The first-order valence-corrected chi connectivity index (χ1v) is 1.93. The second-order valence-corrected chi connectivity index (χ2v) is 1.12. The van der Waals surface area contributed by atoms with Crippen LogP contribution in [0.4, 0.5) is 0 Å². The Balaban J connectivity index is 2.81. The largest absolute Gasteiger partial charge is 0.377 e. The van der Waals surface area contributed by atoms with Crippen molar-refractivity contribution in [1.82, 2.24) is 5.32 Å². The summed E-state index contributed by atoms with van der Waals surface area (Å²) in [5, 5.41) is 17.1. The molecule has 0 aromatic heterocycles. The van der Waals surface area contributed by atoms with Crippen molar-refractivity contribution in [2.24, 2.45) is 5.73 Å². The molecule has 0 saturated heterocycles. The summed E-state index contributed by atoms with van der Waals surface area (Å²) in [6.45, 7) is 0.240. The van der Waals surface area contributed by atoms with E-state index in [-0.39, 0.29) is 6.54 Å². The highest BCUT2D eigenvalue weighted by atomic mass is 16.3. The van der Waals surface area contributed by atoms with Crippen LogP contribution in [0.1, 0.15) is 0 Å². The van der Waals surface area contributed by atoms with Crippen molar-refractivity contribution < 1.29 is 5.11 Å². The average Bonchev–Trinajstić information content (AvgIpc) is 1.61. The molecule has 0 rings (SSSR count). The van der Waals surface area contributed by atoms with E-state index in [0.717, 1.165) is 6.34 Å². The van der Waals surface area contributed by atoms with E-state index < -0.39 is 6.23 Å². The minimum absolute atomic E-state index is 0.240. The maximum Gasteiger partial charge on any atom is 0.119 e. The highest BCUT2D eigenvalue weighted by Crippen LogP contribution is 1.58. The number of aliphatic hydroxyl groups is 1. The number of nitrogens with one attached hydrogen (secondary N) is 2. The van der Waals surface area contributed by atoms with Gasteiger partial charge in [0.05, 0.1) is 12.9 Å². The van der Waals surface area contributed by atoms with E-state index in [9.17, 15) is 0 Å². The number of hydrogen-bond donors (Lipinski definition) is 4. The molecular formula is C3H9N3O. The monoisotopic (exact) mass is 103 g/mol. The first-order chi connectivity index (χ1) is 3.27. The summed E-state index contributed by atoms with van der Waals surface area (Å²) in [5.41, 5.74) is 4.87. The fraction of sp³-hybridized carbons (Fsp3) is 0.667. The van der Waals surface area contributed by atoms with Crippen molar-refractivity contribution in [1.29, 1.82) is 5.41 Å². The van der Waals surface area contributed by atoms with E-state index in [1.54, 1.807) is 0 Å². The zero-order chi connectivity index (χ0) is 5.70. The van der Waals surface area contributed by atoms with Gasteiger partial charge in [0, 0.05) is 0 Å². The number of nitrogens with two attached hydrogens (primary N) is 1. The molecule has 1 unspecified atom stereocenters. The third-order valence-electron chi connectivity index (χ3n) is 0.429. The Hall–Kier alpha value is -0.610. The molecule has 0 saturated carbocycles. The summed E-state index contributed by atoms with van der Waals surface area (Å²) >= 11 is 0. The lowest BCUT2D eigenvalue weighted by molar-refractivity contribution is 0.186. The summed E-state index contributed by atoms with van der Waals surface area (Å²) in [6, 6.07) is 0. The van der Waals surface area contributed by atoms with E-state index in [4.69, 9.17) is 16.2 Å². The standard InChI is InChI=1S/C3H9N3O/c4-2-6-1-3(5)7/h2-3,7H,1,5H2,(H2,4,6). The van der Waals surface area contributed by atoms with Gasteiger partial charge in [0.1, 0.15) is 6.23 Å². The van der Waals surface area contributed by atoms with Crippen molar-refractivity contribution in [3.63, 3.8) is 0 Å². The third-order valence-corrected chi connectivity index (χ3v) is 0.429. The van der Waals surface area contributed by atoms with E-state index in [0.29, 0.717) is 0 Å². The van der Waals surface area contributed by atoms with E-state index in [1.807, 2.05) is 0 Å². The molecule has 0 aromatic rings. The van der Waals surface area contributed by atoms with Crippen LogP contribution in [-0.2, 0) is 0 Å². The van der Waals surface area contributed by atoms with Crippen LogP contribution in [0.3, 0.4) is 0 Å². The predicted molar refractivity (Wildman–Crippen MR) is 27.0 cm³/mol. The van der Waals surface area contributed by atoms with Crippen molar-refractivity contribution in [3.8, 4) is 0 Å². The van der Waals surface area contributed by atoms with Crippen LogP contribution in [0.25, 0.3) is 0 Å². The van der Waals surface area contributed by atoms with Gasteiger partial charge in [-0.15, -0.1) is 0 Å². The number of rotatable bonds is 3. The smallest absolute Gasteiger partial charge is 0.119 e. The molecule has 0 aromatic carbocycles. The van der Waals surface area contributed by atoms with Gasteiger partial charge in [0.25, 0.3) is 0 Å². The Morgan fingerprint density at radius 1 is 2.00 bits per heavy atom. The van der Waals surface area contributed by atoms with Crippen LogP contribution >= 0.6 is 0 Å². The van der Waals surface area contributed by atoms with Gasteiger partial charge < -0.3 is 16.2 Å². The Bertz CT molecular complexity index is 54.1. The van der Waals surface area contributed by atoms with Gasteiger partial charge in [-0.3, -0.25) is 5.41 Å². The molecule has 7 heavy (non-hydrogen) atoms. The highest BCUT2D eigenvalue weighted by molar-refractivity contribution is 5.49. The lowest BCUT2D eigenvalue weighted by Crippen LogP contribution is -2.32. The van der Waals surface area contributed by atoms with Crippen LogP contribution in [0.5, 0.6) is 0 Å². The second-order valence-electron chi connectivity index (χ2n) is 1.12. The fourth-order valence-electron chi connectivity index (χ4n) is 0.180. The molecule has 0 aliphatic rings. The molecule has 0 fully saturated rings. The van der Waals surface area contributed by atoms with Crippen molar-refractivity contribution in [2.45, 2.75) is 6.23 Å². The van der Waals surface area contributed by atoms with E-state index in [2.05, 4.69) is 5.32 Å². The van der Waals surface area contributed by atoms with Crippen molar-refractivity contribution in [3.05, 3.63) is 0 Å². The second kappa shape index (κ2) is 3.58. The molecule has 4 nitrogen and oxygen atoms in total. The summed E-state index contributed by atoms with van der Waals surface area (Å²) in [4.78, 5) is 0. The zero-order valence-electron chi connectivity index (χ0n) is 3.89. The minimum atomic E-state index is -0.860. The van der Waals surface area contributed by atoms with E-state index in [1.165, 1.54) is 0 Å². The molecule has 0 aliphatic carbocycles. The van der Waals surface area contributed by atoms with Gasteiger partial charge in [-0.25, -0.2) is 0 Å². The Kier molecular flexibility index (Phi) is 3.26. The molecular weight excluding hydrogens is 94.1 g/mol. The van der Waals surface area contributed by atoms with Gasteiger partial charge >= 0.3 is 0 Å². The van der Waals surface area contributed by atoms with Crippen LogP contribution in [0.2, 0.25) is 0 Å². The summed E-state index contributed by atoms with van der Waals surface area (Å²) in [7, 11) is 0. The average molecular weight is 103 g/mol. The quantitative estimate of drug-likeness (QED) is 0.198. The van der Waals surface area contributed by atoms with Gasteiger partial charge in [-0.2, -0.15) is 0 Å².